The Balaban J connectivity index is 1.79. The summed E-state index contributed by atoms with van der Waals surface area (Å²) < 4.78 is 13.5. The average molecular weight is 357 g/mol. The van der Waals surface area contributed by atoms with Gasteiger partial charge in [-0.3, -0.25) is 4.79 Å². The first kappa shape index (κ1) is 16.1. The van der Waals surface area contributed by atoms with Crippen LogP contribution in [0, 0.1) is 5.82 Å². The minimum Gasteiger partial charge on any atom is -0.327 e. The summed E-state index contributed by atoms with van der Waals surface area (Å²) in [6.45, 7) is 2.58. The van der Waals surface area contributed by atoms with Crippen LogP contribution in [0.4, 0.5) is 4.39 Å². The zero-order valence-electron chi connectivity index (χ0n) is 11.9. The van der Waals surface area contributed by atoms with E-state index in [4.69, 9.17) is 0 Å². The van der Waals surface area contributed by atoms with Gasteiger partial charge in [-0.05, 0) is 59.3 Å². The van der Waals surface area contributed by atoms with Gasteiger partial charge in [0.25, 0.3) is 5.91 Å². The van der Waals surface area contributed by atoms with E-state index in [1.807, 2.05) is 0 Å². The Morgan fingerprint density at radius 1 is 1.33 bits per heavy atom. The summed E-state index contributed by atoms with van der Waals surface area (Å²) in [6.07, 6.45) is 6.43. The molecule has 2 rings (SSSR count). The van der Waals surface area contributed by atoms with Crippen LogP contribution in [0.1, 0.15) is 31.2 Å². The highest BCUT2D eigenvalue weighted by atomic mass is 79.9. The molecule has 0 radical (unpaired) electrons. The van der Waals surface area contributed by atoms with E-state index < -0.39 is 0 Å². The normalized spacial score (nSPS) is 16.9. The maximum Gasteiger partial charge on any atom is 0.295 e. The van der Waals surface area contributed by atoms with E-state index >= 15 is 0 Å². The molecule has 1 saturated heterocycles. The number of carbonyl (C=O) groups is 1. The van der Waals surface area contributed by atoms with Crippen LogP contribution in [-0.4, -0.2) is 31.8 Å². The molecule has 0 aliphatic carbocycles. The molecule has 0 saturated carbocycles. The third kappa shape index (κ3) is 5.55. The molecule has 6 heteroatoms. The summed E-state index contributed by atoms with van der Waals surface area (Å²) in [5, 5.41) is 3.92. The van der Waals surface area contributed by atoms with Gasteiger partial charge in [0.1, 0.15) is 5.82 Å². The van der Waals surface area contributed by atoms with E-state index in [9.17, 15) is 9.18 Å². The smallest absolute Gasteiger partial charge is 0.295 e. The zero-order valence-corrected chi connectivity index (χ0v) is 13.5. The Morgan fingerprint density at radius 3 is 2.71 bits per heavy atom. The number of halogens is 2. The van der Waals surface area contributed by atoms with Gasteiger partial charge in [0.05, 0.1) is 23.8 Å². The summed E-state index contributed by atoms with van der Waals surface area (Å²) in [5.74, 6) is -0.398. The Hall–Kier alpha value is -1.27. The fourth-order valence-corrected chi connectivity index (χ4v) is 2.84. The molecule has 0 spiro atoms. The van der Waals surface area contributed by atoms with Gasteiger partial charge in [0, 0.05) is 0 Å². The van der Waals surface area contributed by atoms with Crippen LogP contribution >= 0.6 is 15.9 Å². The maximum atomic E-state index is 13.1. The SMILES string of the molecule is O=C(C[NH+]1CCCCCC1)N/N=C\c1ccc(F)c(Br)c1. The first-order valence-corrected chi connectivity index (χ1v) is 8.05. The molecule has 1 fully saturated rings. The van der Waals surface area contributed by atoms with Crippen molar-refractivity contribution in [2.45, 2.75) is 25.7 Å². The molecule has 0 aromatic heterocycles. The number of nitrogens with zero attached hydrogens (tertiary/aromatic N) is 1. The second-order valence-corrected chi connectivity index (χ2v) is 6.16. The second kappa shape index (κ2) is 8.24. The summed E-state index contributed by atoms with van der Waals surface area (Å²) in [4.78, 5) is 13.1. The summed E-state index contributed by atoms with van der Waals surface area (Å²) in [6, 6.07) is 4.58. The number of carbonyl (C=O) groups excluding carboxylic acids is 1. The molecule has 0 bridgehead atoms. The molecular weight excluding hydrogens is 337 g/mol. The van der Waals surface area contributed by atoms with Crippen LogP contribution in [0.2, 0.25) is 0 Å². The van der Waals surface area contributed by atoms with Gasteiger partial charge in [0.2, 0.25) is 0 Å². The molecule has 1 amide bonds. The van der Waals surface area contributed by atoms with Gasteiger partial charge < -0.3 is 4.90 Å². The van der Waals surface area contributed by atoms with Crippen molar-refractivity contribution in [3.05, 3.63) is 34.1 Å². The van der Waals surface area contributed by atoms with Crippen molar-refractivity contribution >= 4 is 28.1 Å². The van der Waals surface area contributed by atoms with Crippen molar-refractivity contribution in [3.8, 4) is 0 Å². The molecule has 1 aliphatic heterocycles. The molecule has 1 aromatic rings. The molecule has 21 heavy (non-hydrogen) atoms. The second-order valence-electron chi connectivity index (χ2n) is 5.31. The van der Waals surface area contributed by atoms with Crippen LogP contribution < -0.4 is 10.3 Å². The fraction of sp³-hybridized carbons (Fsp3) is 0.467. The quantitative estimate of drug-likeness (QED) is 0.623. The number of likely N-dealkylation sites (tertiary alicyclic amines) is 1. The number of quaternary nitrogens is 1. The third-order valence-electron chi connectivity index (χ3n) is 3.57. The number of hydrogen-bond acceptors (Lipinski definition) is 2. The van der Waals surface area contributed by atoms with Crippen LogP contribution in [0.5, 0.6) is 0 Å². The first-order valence-electron chi connectivity index (χ1n) is 7.25. The highest BCUT2D eigenvalue weighted by molar-refractivity contribution is 9.10. The molecule has 0 atom stereocenters. The fourth-order valence-electron chi connectivity index (χ4n) is 2.44. The van der Waals surface area contributed by atoms with Crippen molar-refractivity contribution in [3.63, 3.8) is 0 Å². The number of hydrazone groups is 1. The minimum absolute atomic E-state index is 0.0793. The molecule has 4 nitrogen and oxygen atoms in total. The van der Waals surface area contributed by atoms with E-state index in [2.05, 4.69) is 26.5 Å². The molecular formula is C15H20BrFN3O+. The number of nitrogens with one attached hydrogen (secondary N) is 2. The predicted octanol–water partition coefficient (Wildman–Crippen LogP) is 1.50. The van der Waals surface area contributed by atoms with Crippen LogP contribution in [-0.2, 0) is 4.79 Å². The lowest BCUT2D eigenvalue weighted by Gasteiger charge is -2.15. The number of amides is 1. The summed E-state index contributed by atoms with van der Waals surface area (Å²) in [7, 11) is 0. The monoisotopic (exact) mass is 356 g/mol. The molecule has 1 heterocycles. The van der Waals surface area contributed by atoms with E-state index in [-0.39, 0.29) is 11.7 Å². The first-order chi connectivity index (χ1) is 10.1. The number of benzene rings is 1. The largest absolute Gasteiger partial charge is 0.327 e. The summed E-state index contributed by atoms with van der Waals surface area (Å²) >= 11 is 3.11. The van der Waals surface area contributed by atoms with E-state index in [0.717, 1.165) is 18.7 Å². The number of hydrogen-bond donors (Lipinski definition) is 2. The van der Waals surface area contributed by atoms with Crippen molar-refractivity contribution < 1.29 is 14.1 Å². The van der Waals surface area contributed by atoms with Crippen LogP contribution in [0.25, 0.3) is 0 Å². The molecule has 0 unspecified atom stereocenters. The van der Waals surface area contributed by atoms with Crippen LogP contribution in [0.3, 0.4) is 0 Å². The summed E-state index contributed by atoms with van der Waals surface area (Å²) in [5.41, 5.74) is 3.26. The third-order valence-corrected chi connectivity index (χ3v) is 4.18. The highest BCUT2D eigenvalue weighted by Gasteiger charge is 2.15. The Morgan fingerprint density at radius 2 is 2.05 bits per heavy atom. The van der Waals surface area contributed by atoms with Gasteiger partial charge in [-0.1, -0.05) is 6.07 Å². The molecule has 1 aliphatic rings. The van der Waals surface area contributed by atoms with Gasteiger partial charge in [-0.15, -0.1) is 0 Å². The standard InChI is InChI=1S/C15H19BrFN3O/c16-13-9-12(5-6-14(13)17)10-18-19-15(21)11-20-7-3-1-2-4-8-20/h5-6,9-10H,1-4,7-8,11H2,(H,19,21)/p+1/b18-10-. The Labute approximate surface area is 132 Å². The van der Waals surface area contributed by atoms with E-state index in [0.29, 0.717) is 11.0 Å². The lowest BCUT2D eigenvalue weighted by molar-refractivity contribution is -0.891. The number of rotatable bonds is 4. The topological polar surface area (TPSA) is 45.9 Å². The van der Waals surface area contributed by atoms with Crippen molar-refractivity contribution in [1.29, 1.82) is 0 Å². The van der Waals surface area contributed by atoms with Gasteiger partial charge in [-0.2, -0.15) is 5.10 Å². The predicted molar refractivity (Wildman–Crippen MR) is 83.9 cm³/mol. The maximum absolute atomic E-state index is 13.1. The zero-order chi connectivity index (χ0) is 15.1. The van der Waals surface area contributed by atoms with Crippen LogP contribution in [0.15, 0.2) is 27.8 Å². The van der Waals surface area contributed by atoms with Crippen molar-refractivity contribution in [2.24, 2.45) is 5.10 Å². The van der Waals surface area contributed by atoms with Gasteiger partial charge >= 0.3 is 0 Å². The van der Waals surface area contributed by atoms with Crippen molar-refractivity contribution in [1.82, 2.24) is 5.43 Å². The highest BCUT2D eigenvalue weighted by Crippen LogP contribution is 2.15. The van der Waals surface area contributed by atoms with Gasteiger partial charge in [-0.25, -0.2) is 9.82 Å². The Kier molecular flexibility index (Phi) is 6.32. The average Bonchev–Trinajstić information content (AvgIpc) is 2.71. The van der Waals surface area contributed by atoms with Gasteiger partial charge in [0.15, 0.2) is 6.54 Å². The van der Waals surface area contributed by atoms with E-state index in [1.165, 1.54) is 42.9 Å². The minimum atomic E-state index is -0.319. The molecule has 1 aromatic carbocycles. The molecule has 114 valence electrons. The lowest BCUT2D eigenvalue weighted by atomic mass is 10.2. The van der Waals surface area contributed by atoms with Crippen molar-refractivity contribution in [2.75, 3.05) is 19.6 Å². The Bertz CT molecular complexity index is 514. The lowest BCUT2D eigenvalue weighted by Crippen LogP contribution is -3.13. The van der Waals surface area contributed by atoms with E-state index in [1.54, 1.807) is 12.1 Å². The molecule has 2 N–H and O–H groups in total.